The topological polar surface area (TPSA) is 30.5 Å². The van der Waals surface area contributed by atoms with Crippen molar-refractivity contribution < 1.29 is 9.47 Å². The van der Waals surface area contributed by atoms with Crippen LogP contribution in [0, 0.1) is 0 Å². The van der Waals surface area contributed by atoms with E-state index >= 15 is 0 Å². The van der Waals surface area contributed by atoms with Gasteiger partial charge in [-0.3, -0.25) is 0 Å². The van der Waals surface area contributed by atoms with Crippen LogP contribution in [0.1, 0.15) is 47.5 Å². The molecular formula is C17H27NO2. The number of rotatable bonds is 5. The lowest BCUT2D eigenvalue weighted by molar-refractivity contribution is -0.0662. The summed E-state index contributed by atoms with van der Waals surface area (Å²) in [5.41, 5.74) is 0.860. The van der Waals surface area contributed by atoms with Crippen molar-refractivity contribution in [1.29, 1.82) is 0 Å². The van der Waals surface area contributed by atoms with E-state index in [-0.39, 0.29) is 11.2 Å². The third kappa shape index (κ3) is 3.66. The molecule has 0 amide bonds. The normalized spacial score (nSPS) is 23.6. The minimum atomic E-state index is -0.163. The summed E-state index contributed by atoms with van der Waals surface area (Å²) in [6.07, 6.45) is 2.02. The molecule has 1 saturated heterocycles. The Balaban J connectivity index is 2.06. The summed E-state index contributed by atoms with van der Waals surface area (Å²) < 4.78 is 11.8. The molecule has 1 N–H and O–H groups in total. The van der Waals surface area contributed by atoms with Gasteiger partial charge in [0.05, 0.1) is 23.9 Å². The van der Waals surface area contributed by atoms with Crippen molar-refractivity contribution in [3.05, 3.63) is 24.3 Å². The molecule has 1 heterocycles. The average molecular weight is 277 g/mol. The predicted molar refractivity (Wildman–Crippen MR) is 83.5 cm³/mol. The molecule has 1 aliphatic heterocycles. The Morgan fingerprint density at radius 3 is 2.65 bits per heavy atom. The molecular weight excluding hydrogens is 250 g/mol. The van der Waals surface area contributed by atoms with Crippen LogP contribution in [0.25, 0.3) is 0 Å². The third-order valence-corrected chi connectivity index (χ3v) is 3.72. The SMILES string of the molecule is CCCOc1cccc(NC2CC(C)(C)OC2(C)C)c1. The molecule has 0 bridgehead atoms. The van der Waals surface area contributed by atoms with Crippen molar-refractivity contribution in [3.63, 3.8) is 0 Å². The molecule has 0 aliphatic carbocycles. The summed E-state index contributed by atoms with van der Waals surface area (Å²) >= 11 is 0. The fourth-order valence-electron chi connectivity index (χ4n) is 2.88. The second-order valence-electron chi connectivity index (χ2n) is 6.74. The molecule has 0 radical (unpaired) electrons. The van der Waals surface area contributed by atoms with Crippen LogP contribution in [0.2, 0.25) is 0 Å². The molecule has 0 saturated carbocycles. The summed E-state index contributed by atoms with van der Waals surface area (Å²) in [6, 6.07) is 8.48. The molecule has 3 heteroatoms. The van der Waals surface area contributed by atoms with Crippen LogP contribution in [0.3, 0.4) is 0 Å². The molecule has 3 nitrogen and oxygen atoms in total. The van der Waals surface area contributed by atoms with Gasteiger partial charge in [-0.15, -0.1) is 0 Å². The Kier molecular flexibility index (Phi) is 4.28. The van der Waals surface area contributed by atoms with Crippen LogP contribution in [0.4, 0.5) is 5.69 Å². The van der Waals surface area contributed by atoms with E-state index in [2.05, 4.69) is 52.1 Å². The largest absolute Gasteiger partial charge is 0.494 e. The number of ether oxygens (including phenoxy) is 2. The first-order valence-electron chi connectivity index (χ1n) is 7.52. The number of hydrogen-bond donors (Lipinski definition) is 1. The number of nitrogens with one attached hydrogen (secondary N) is 1. The van der Waals surface area contributed by atoms with Crippen LogP contribution >= 0.6 is 0 Å². The van der Waals surface area contributed by atoms with E-state index in [0.29, 0.717) is 6.04 Å². The fourth-order valence-corrected chi connectivity index (χ4v) is 2.88. The Hall–Kier alpha value is -1.22. The standard InChI is InChI=1S/C17H27NO2/c1-6-10-19-14-9-7-8-13(11-14)18-15-12-16(2,3)20-17(15,4)5/h7-9,11,15,18H,6,10,12H2,1-5H3. The Morgan fingerprint density at radius 2 is 2.05 bits per heavy atom. The molecule has 1 fully saturated rings. The Labute approximate surface area is 122 Å². The highest BCUT2D eigenvalue weighted by Crippen LogP contribution is 2.39. The second-order valence-corrected chi connectivity index (χ2v) is 6.74. The summed E-state index contributed by atoms with van der Waals surface area (Å²) in [7, 11) is 0. The van der Waals surface area contributed by atoms with E-state index in [9.17, 15) is 0 Å². The minimum Gasteiger partial charge on any atom is -0.494 e. The van der Waals surface area contributed by atoms with Crippen molar-refractivity contribution in [2.24, 2.45) is 0 Å². The van der Waals surface area contributed by atoms with Crippen molar-refractivity contribution >= 4 is 5.69 Å². The van der Waals surface area contributed by atoms with E-state index in [0.717, 1.165) is 30.9 Å². The first kappa shape index (κ1) is 15.2. The molecule has 1 aromatic rings. The van der Waals surface area contributed by atoms with E-state index < -0.39 is 0 Å². The average Bonchev–Trinajstić information content (AvgIpc) is 2.55. The number of benzene rings is 1. The van der Waals surface area contributed by atoms with Crippen molar-refractivity contribution in [3.8, 4) is 5.75 Å². The van der Waals surface area contributed by atoms with Gasteiger partial charge in [-0.1, -0.05) is 13.0 Å². The van der Waals surface area contributed by atoms with E-state index in [4.69, 9.17) is 9.47 Å². The number of anilines is 1. The lowest BCUT2D eigenvalue weighted by atomic mass is 9.94. The maximum Gasteiger partial charge on any atom is 0.121 e. The first-order chi connectivity index (χ1) is 9.32. The maximum atomic E-state index is 6.12. The number of hydrogen-bond acceptors (Lipinski definition) is 3. The van der Waals surface area contributed by atoms with Gasteiger partial charge in [0.25, 0.3) is 0 Å². The van der Waals surface area contributed by atoms with Crippen LogP contribution in [-0.2, 0) is 4.74 Å². The quantitative estimate of drug-likeness (QED) is 0.873. The Bertz CT molecular complexity index is 454. The van der Waals surface area contributed by atoms with E-state index in [1.807, 2.05) is 12.1 Å². The van der Waals surface area contributed by atoms with Crippen molar-refractivity contribution in [2.45, 2.75) is 64.7 Å². The van der Waals surface area contributed by atoms with Crippen LogP contribution in [0.5, 0.6) is 5.75 Å². The molecule has 1 atom stereocenters. The molecule has 0 spiro atoms. The minimum absolute atomic E-state index is 0.0719. The second kappa shape index (κ2) is 5.65. The van der Waals surface area contributed by atoms with Gasteiger partial charge in [0.15, 0.2) is 0 Å². The van der Waals surface area contributed by atoms with Gasteiger partial charge in [0.2, 0.25) is 0 Å². The predicted octanol–water partition coefficient (Wildman–Crippen LogP) is 4.23. The zero-order valence-electron chi connectivity index (χ0n) is 13.3. The molecule has 1 aromatic carbocycles. The molecule has 2 rings (SSSR count). The van der Waals surface area contributed by atoms with Crippen LogP contribution < -0.4 is 10.1 Å². The molecule has 112 valence electrons. The molecule has 20 heavy (non-hydrogen) atoms. The zero-order chi connectivity index (χ0) is 14.8. The van der Waals surface area contributed by atoms with Gasteiger partial charge in [0, 0.05) is 11.8 Å². The molecule has 0 aromatic heterocycles. The van der Waals surface area contributed by atoms with Gasteiger partial charge in [-0.05, 0) is 52.7 Å². The van der Waals surface area contributed by atoms with E-state index in [1.54, 1.807) is 0 Å². The summed E-state index contributed by atoms with van der Waals surface area (Å²) in [5.74, 6) is 0.924. The van der Waals surface area contributed by atoms with Crippen LogP contribution in [0.15, 0.2) is 24.3 Å². The van der Waals surface area contributed by atoms with Crippen LogP contribution in [-0.4, -0.2) is 23.9 Å². The van der Waals surface area contributed by atoms with Crippen molar-refractivity contribution in [1.82, 2.24) is 0 Å². The monoisotopic (exact) mass is 277 g/mol. The smallest absolute Gasteiger partial charge is 0.121 e. The summed E-state index contributed by atoms with van der Waals surface area (Å²) in [6.45, 7) is 11.5. The first-order valence-corrected chi connectivity index (χ1v) is 7.52. The maximum absolute atomic E-state index is 6.12. The highest BCUT2D eigenvalue weighted by atomic mass is 16.5. The highest BCUT2D eigenvalue weighted by molar-refractivity contribution is 5.49. The Morgan fingerprint density at radius 1 is 1.30 bits per heavy atom. The van der Waals surface area contributed by atoms with E-state index in [1.165, 1.54) is 0 Å². The third-order valence-electron chi connectivity index (χ3n) is 3.72. The lowest BCUT2D eigenvalue weighted by Crippen LogP contribution is -2.38. The van der Waals surface area contributed by atoms with Gasteiger partial charge in [0.1, 0.15) is 5.75 Å². The summed E-state index contributed by atoms with van der Waals surface area (Å²) in [4.78, 5) is 0. The highest BCUT2D eigenvalue weighted by Gasteiger charge is 2.45. The molecule has 1 unspecified atom stereocenters. The van der Waals surface area contributed by atoms with Gasteiger partial charge >= 0.3 is 0 Å². The fraction of sp³-hybridized carbons (Fsp3) is 0.647. The zero-order valence-corrected chi connectivity index (χ0v) is 13.3. The van der Waals surface area contributed by atoms with Gasteiger partial charge in [-0.25, -0.2) is 0 Å². The molecule has 1 aliphatic rings. The van der Waals surface area contributed by atoms with Gasteiger partial charge in [-0.2, -0.15) is 0 Å². The van der Waals surface area contributed by atoms with Gasteiger partial charge < -0.3 is 14.8 Å². The van der Waals surface area contributed by atoms with Crippen molar-refractivity contribution in [2.75, 3.05) is 11.9 Å². The lowest BCUT2D eigenvalue weighted by Gasteiger charge is -2.28. The summed E-state index contributed by atoms with van der Waals surface area (Å²) in [5, 5.41) is 3.60.